The van der Waals surface area contributed by atoms with E-state index in [0.717, 1.165) is 16.9 Å². The summed E-state index contributed by atoms with van der Waals surface area (Å²) in [5, 5.41) is 6.92. The standard InChI is InChI=1S/C23H23N5O3/c1-15(2)9-10-25-21(29)17-5-8-19-20(11-17)23(31)28(22(19)30)18-6-3-16(4-7-18)12-27-14-24-13-26-27/h3-8,11,13-15H,9-10,12H2,1-2H3,(H,25,29). The van der Waals surface area contributed by atoms with Crippen LogP contribution in [0.4, 0.5) is 5.69 Å². The first kappa shape index (κ1) is 20.5. The van der Waals surface area contributed by atoms with Gasteiger partial charge in [0.05, 0.1) is 23.4 Å². The Labute approximate surface area is 179 Å². The largest absolute Gasteiger partial charge is 0.352 e. The molecule has 1 N–H and O–H groups in total. The quantitative estimate of drug-likeness (QED) is 0.596. The van der Waals surface area contributed by atoms with Gasteiger partial charge >= 0.3 is 0 Å². The molecule has 4 rings (SSSR count). The fraction of sp³-hybridized carbons (Fsp3) is 0.261. The molecule has 1 aliphatic rings. The Balaban J connectivity index is 1.51. The van der Waals surface area contributed by atoms with Crippen LogP contribution >= 0.6 is 0 Å². The average molecular weight is 417 g/mol. The van der Waals surface area contributed by atoms with Crippen LogP contribution in [0, 0.1) is 5.92 Å². The van der Waals surface area contributed by atoms with Gasteiger partial charge in [0.2, 0.25) is 0 Å². The van der Waals surface area contributed by atoms with Gasteiger partial charge in [0.25, 0.3) is 17.7 Å². The maximum absolute atomic E-state index is 13.0. The normalized spacial score (nSPS) is 13.1. The first-order chi connectivity index (χ1) is 14.9. The summed E-state index contributed by atoms with van der Waals surface area (Å²) in [4.78, 5) is 43.3. The van der Waals surface area contributed by atoms with E-state index in [2.05, 4.69) is 29.2 Å². The fourth-order valence-electron chi connectivity index (χ4n) is 3.44. The number of aromatic nitrogens is 3. The molecule has 158 valence electrons. The third-order valence-corrected chi connectivity index (χ3v) is 5.16. The number of hydrogen-bond donors (Lipinski definition) is 1. The Morgan fingerprint density at radius 1 is 1.03 bits per heavy atom. The molecule has 1 aromatic heterocycles. The molecule has 0 aliphatic carbocycles. The Morgan fingerprint density at radius 3 is 2.45 bits per heavy atom. The van der Waals surface area contributed by atoms with E-state index in [1.54, 1.807) is 35.3 Å². The Hall–Kier alpha value is -3.81. The third kappa shape index (κ3) is 4.23. The molecule has 0 atom stereocenters. The highest BCUT2D eigenvalue weighted by molar-refractivity contribution is 6.34. The van der Waals surface area contributed by atoms with Crippen LogP contribution in [-0.4, -0.2) is 39.0 Å². The van der Waals surface area contributed by atoms with Crippen molar-refractivity contribution in [3.8, 4) is 0 Å². The smallest absolute Gasteiger partial charge is 0.266 e. The number of imide groups is 1. The van der Waals surface area contributed by atoms with Crippen molar-refractivity contribution in [1.29, 1.82) is 0 Å². The molecule has 3 aromatic rings. The zero-order valence-electron chi connectivity index (χ0n) is 17.4. The topological polar surface area (TPSA) is 97.2 Å². The van der Waals surface area contributed by atoms with Crippen molar-refractivity contribution < 1.29 is 14.4 Å². The Bertz CT molecular complexity index is 1120. The van der Waals surface area contributed by atoms with Gasteiger partial charge in [0.15, 0.2) is 0 Å². The van der Waals surface area contributed by atoms with Gasteiger partial charge < -0.3 is 5.32 Å². The minimum Gasteiger partial charge on any atom is -0.352 e. The predicted octanol–water partition coefficient (Wildman–Crippen LogP) is 2.90. The lowest BCUT2D eigenvalue weighted by Crippen LogP contribution is -2.29. The first-order valence-electron chi connectivity index (χ1n) is 10.2. The zero-order valence-corrected chi connectivity index (χ0v) is 17.4. The molecule has 8 nitrogen and oxygen atoms in total. The van der Waals surface area contributed by atoms with Crippen LogP contribution in [0.2, 0.25) is 0 Å². The molecule has 2 aromatic carbocycles. The Kier molecular flexibility index (Phi) is 5.62. The molecule has 0 bridgehead atoms. The zero-order chi connectivity index (χ0) is 22.0. The van der Waals surface area contributed by atoms with E-state index in [1.165, 1.54) is 12.4 Å². The molecule has 3 amide bonds. The van der Waals surface area contributed by atoms with Gasteiger partial charge in [-0.2, -0.15) is 5.10 Å². The number of anilines is 1. The molecule has 0 saturated heterocycles. The van der Waals surface area contributed by atoms with Crippen molar-refractivity contribution in [3.63, 3.8) is 0 Å². The molecular formula is C23H23N5O3. The van der Waals surface area contributed by atoms with Crippen LogP contribution in [0.5, 0.6) is 0 Å². The lowest BCUT2D eigenvalue weighted by molar-refractivity contribution is 0.0923. The number of hydrogen-bond acceptors (Lipinski definition) is 5. The highest BCUT2D eigenvalue weighted by Crippen LogP contribution is 2.29. The Morgan fingerprint density at radius 2 is 1.77 bits per heavy atom. The fourth-order valence-corrected chi connectivity index (χ4v) is 3.44. The van der Waals surface area contributed by atoms with Gasteiger partial charge in [-0.05, 0) is 48.2 Å². The van der Waals surface area contributed by atoms with E-state index in [0.29, 0.717) is 35.8 Å². The number of benzene rings is 2. The van der Waals surface area contributed by atoms with Crippen LogP contribution < -0.4 is 10.2 Å². The van der Waals surface area contributed by atoms with E-state index in [9.17, 15) is 14.4 Å². The molecule has 2 heterocycles. The van der Waals surface area contributed by atoms with Crippen LogP contribution in [-0.2, 0) is 6.54 Å². The second kappa shape index (κ2) is 8.51. The second-order valence-electron chi connectivity index (χ2n) is 7.90. The molecule has 0 unspecified atom stereocenters. The maximum atomic E-state index is 13.0. The number of carbonyl (C=O) groups excluding carboxylic acids is 3. The first-order valence-corrected chi connectivity index (χ1v) is 10.2. The molecule has 0 spiro atoms. The minimum absolute atomic E-state index is 0.244. The van der Waals surface area contributed by atoms with Crippen molar-refractivity contribution in [2.75, 3.05) is 11.4 Å². The van der Waals surface area contributed by atoms with Crippen LogP contribution in [0.25, 0.3) is 0 Å². The molecule has 0 radical (unpaired) electrons. The second-order valence-corrected chi connectivity index (χ2v) is 7.90. The van der Waals surface area contributed by atoms with Crippen molar-refractivity contribution >= 4 is 23.4 Å². The summed E-state index contributed by atoms with van der Waals surface area (Å²) in [6, 6.07) is 11.8. The van der Waals surface area contributed by atoms with Crippen LogP contribution in [0.3, 0.4) is 0 Å². The molecule has 1 aliphatic heterocycles. The monoisotopic (exact) mass is 417 g/mol. The highest BCUT2D eigenvalue weighted by Gasteiger charge is 2.37. The van der Waals surface area contributed by atoms with E-state index in [4.69, 9.17) is 0 Å². The lowest BCUT2D eigenvalue weighted by atomic mass is 10.1. The van der Waals surface area contributed by atoms with Gasteiger partial charge in [-0.1, -0.05) is 26.0 Å². The highest BCUT2D eigenvalue weighted by atomic mass is 16.2. The van der Waals surface area contributed by atoms with E-state index in [1.807, 2.05) is 12.1 Å². The molecular weight excluding hydrogens is 394 g/mol. The van der Waals surface area contributed by atoms with Crippen molar-refractivity contribution in [2.45, 2.75) is 26.8 Å². The van der Waals surface area contributed by atoms with Gasteiger partial charge in [-0.15, -0.1) is 0 Å². The summed E-state index contributed by atoms with van der Waals surface area (Å²) < 4.78 is 1.69. The van der Waals surface area contributed by atoms with E-state index >= 15 is 0 Å². The SMILES string of the molecule is CC(C)CCNC(=O)c1ccc2c(c1)C(=O)N(c1ccc(Cn3cncn3)cc1)C2=O. The molecule has 0 saturated carbocycles. The summed E-state index contributed by atoms with van der Waals surface area (Å²) in [7, 11) is 0. The summed E-state index contributed by atoms with van der Waals surface area (Å²) in [6.07, 6.45) is 3.95. The number of carbonyl (C=O) groups is 3. The number of nitrogens with one attached hydrogen (secondary N) is 1. The summed E-state index contributed by atoms with van der Waals surface area (Å²) >= 11 is 0. The van der Waals surface area contributed by atoms with Crippen molar-refractivity contribution in [1.82, 2.24) is 20.1 Å². The minimum atomic E-state index is -0.430. The number of nitrogens with zero attached hydrogens (tertiary/aromatic N) is 4. The summed E-state index contributed by atoms with van der Waals surface area (Å²) in [5.41, 5.74) is 2.36. The van der Waals surface area contributed by atoms with Gasteiger partial charge in [0, 0.05) is 12.1 Å². The van der Waals surface area contributed by atoms with Crippen molar-refractivity contribution in [3.05, 3.63) is 77.4 Å². The number of rotatable bonds is 7. The van der Waals surface area contributed by atoms with Gasteiger partial charge in [0.1, 0.15) is 12.7 Å². The molecule has 8 heteroatoms. The van der Waals surface area contributed by atoms with Crippen LogP contribution in [0.1, 0.15) is 56.9 Å². The van der Waals surface area contributed by atoms with Crippen LogP contribution in [0.15, 0.2) is 55.1 Å². The van der Waals surface area contributed by atoms with Gasteiger partial charge in [-0.3, -0.25) is 14.4 Å². The summed E-state index contributed by atoms with van der Waals surface area (Å²) in [5.74, 6) is -0.591. The number of fused-ring (bicyclic) bond motifs is 1. The average Bonchev–Trinajstić information content (AvgIpc) is 3.35. The van der Waals surface area contributed by atoms with Crippen molar-refractivity contribution in [2.24, 2.45) is 5.92 Å². The lowest BCUT2D eigenvalue weighted by Gasteiger charge is -2.14. The predicted molar refractivity (Wildman–Crippen MR) is 115 cm³/mol. The molecule has 0 fully saturated rings. The third-order valence-electron chi connectivity index (χ3n) is 5.16. The maximum Gasteiger partial charge on any atom is 0.266 e. The number of amides is 3. The van der Waals surface area contributed by atoms with Gasteiger partial charge in [-0.25, -0.2) is 14.6 Å². The van der Waals surface area contributed by atoms with E-state index < -0.39 is 11.8 Å². The summed E-state index contributed by atoms with van der Waals surface area (Å²) in [6.45, 7) is 5.27. The van der Waals surface area contributed by atoms with E-state index in [-0.39, 0.29) is 11.5 Å². The molecule has 31 heavy (non-hydrogen) atoms.